The van der Waals surface area contributed by atoms with Gasteiger partial charge in [0.15, 0.2) is 0 Å². The minimum atomic E-state index is -0.125. The fourth-order valence-electron chi connectivity index (χ4n) is 2.25. The van der Waals surface area contributed by atoms with Gasteiger partial charge in [-0.1, -0.05) is 58.1 Å². The summed E-state index contributed by atoms with van der Waals surface area (Å²) in [4.78, 5) is 0. The minimum Gasteiger partial charge on any atom is -0.394 e. The van der Waals surface area contributed by atoms with Gasteiger partial charge in [-0.25, -0.2) is 0 Å². The quantitative estimate of drug-likeness (QED) is 0.510. The highest BCUT2D eigenvalue weighted by Gasteiger charge is 2.04. The van der Waals surface area contributed by atoms with Gasteiger partial charge in [-0.2, -0.15) is 0 Å². The number of allylic oxidation sites excluding steroid dienone is 2. The van der Waals surface area contributed by atoms with Gasteiger partial charge in [0.2, 0.25) is 0 Å². The van der Waals surface area contributed by atoms with Crippen molar-refractivity contribution in [2.75, 3.05) is 13.2 Å². The highest BCUT2D eigenvalue weighted by Crippen LogP contribution is 2.24. The Morgan fingerprint density at radius 3 is 1.20 bits per heavy atom. The van der Waals surface area contributed by atoms with Crippen LogP contribution < -0.4 is 0 Å². The van der Waals surface area contributed by atoms with E-state index in [1.54, 1.807) is 11.1 Å². The molecule has 0 rings (SSSR count). The molecule has 122 valence electrons. The first-order chi connectivity index (χ1) is 9.71. The number of hydrogen-bond donors (Lipinski definition) is 2. The average molecular weight is 286 g/mol. The third-order valence-electron chi connectivity index (χ3n) is 3.52. The summed E-state index contributed by atoms with van der Waals surface area (Å²) in [6.45, 7) is 8.98. The standard InChI is InChI=1S/C16H32.C2H6O2/c1-5-9-12-15(8-4)16(13-10-6-2)14-11-7-3;3-1-2-4/h5-14H2,1-4H3;3-4H,1-2H2. The zero-order chi connectivity index (χ0) is 15.6. The van der Waals surface area contributed by atoms with Gasteiger partial charge in [-0.3, -0.25) is 0 Å². The molecule has 0 spiro atoms. The Hall–Kier alpha value is -0.340. The molecule has 0 aliphatic heterocycles. The molecule has 2 N–H and O–H groups in total. The molecule has 0 aromatic rings. The molecule has 0 bridgehead atoms. The maximum atomic E-state index is 7.62. The second kappa shape index (κ2) is 18.7. The molecule has 0 aliphatic rings. The molecule has 0 radical (unpaired) electrons. The van der Waals surface area contributed by atoms with E-state index in [4.69, 9.17) is 10.2 Å². The third-order valence-corrected chi connectivity index (χ3v) is 3.52. The highest BCUT2D eigenvalue weighted by molar-refractivity contribution is 5.14. The SMILES string of the molecule is CCCCC(CC)=C(CCCC)CCCC.OCCO. The molecular weight excluding hydrogens is 248 g/mol. The topological polar surface area (TPSA) is 40.5 Å². The predicted molar refractivity (Wildman–Crippen MR) is 90.1 cm³/mol. The van der Waals surface area contributed by atoms with Crippen molar-refractivity contribution in [2.45, 2.75) is 91.9 Å². The van der Waals surface area contributed by atoms with Gasteiger partial charge >= 0.3 is 0 Å². The molecule has 0 amide bonds. The summed E-state index contributed by atoms with van der Waals surface area (Å²) >= 11 is 0. The molecule has 0 heterocycles. The van der Waals surface area contributed by atoms with Gasteiger partial charge in [-0.15, -0.1) is 0 Å². The summed E-state index contributed by atoms with van der Waals surface area (Å²) in [5.41, 5.74) is 3.59. The summed E-state index contributed by atoms with van der Waals surface area (Å²) in [6.07, 6.45) is 13.5. The van der Waals surface area contributed by atoms with Gasteiger partial charge in [-0.05, 0) is 44.9 Å². The van der Waals surface area contributed by atoms with E-state index in [2.05, 4.69) is 27.7 Å². The van der Waals surface area contributed by atoms with E-state index >= 15 is 0 Å². The predicted octanol–water partition coefficient (Wildman–Crippen LogP) is 5.23. The first-order valence-electron chi connectivity index (χ1n) is 8.63. The Morgan fingerprint density at radius 1 is 0.600 bits per heavy atom. The Balaban J connectivity index is 0. The van der Waals surface area contributed by atoms with Crippen molar-refractivity contribution in [2.24, 2.45) is 0 Å². The van der Waals surface area contributed by atoms with E-state index in [9.17, 15) is 0 Å². The van der Waals surface area contributed by atoms with Gasteiger partial charge < -0.3 is 10.2 Å². The van der Waals surface area contributed by atoms with Gasteiger partial charge in [0.05, 0.1) is 13.2 Å². The maximum Gasteiger partial charge on any atom is 0.0662 e. The van der Waals surface area contributed by atoms with Crippen LogP contribution in [-0.2, 0) is 0 Å². The lowest BCUT2D eigenvalue weighted by molar-refractivity contribution is 0.186. The van der Waals surface area contributed by atoms with Crippen LogP contribution in [0, 0.1) is 0 Å². The van der Waals surface area contributed by atoms with Crippen LogP contribution in [0.5, 0.6) is 0 Å². The van der Waals surface area contributed by atoms with E-state index in [-0.39, 0.29) is 13.2 Å². The van der Waals surface area contributed by atoms with Crippen LogP contribution in [0.2, 0.25) is 0 Å². The lowest BCUT2D eigenvalue weighted by atomic mass is 9.92. The zero-order valence-corrected chi connectivity index (χ0v) is 14.4. The van der Waals surface area contributed by atoms with Crippen LogP contribution in [0.3, 0.4) is 0 Å². The maximum absolute atomic E-state index is 7.62. The number of rotatable bonds is 11. The van der Waals surface area contributed by atoms with Crippen LogP contribution >= 0.6 is 0 Å². The van der Waals surface area contributed by atoms with Crippen LogP contribution in [0.4, 0.5) is 0 Å². The van der Waals surface area contributed by atoms with E-state index in [1.165, 1.54) is 64.2 Å². The number of hydrogen-bond acceptors (Lipinski definition) is 2. The lowest BCUT2D eigenvalue weighted by Crippen LogP contribution is -1.94. The summed E-state index contributed by atoms with van der Waals surface area (Å²) < 4.78 is 0. The summed E-state index contributed by atoms with van der Waals surface area (Å²) in [6, 6.07) is 0. The van der Waals surface area contributed by atoms with E-state index in [0.29, 0.717) is 0 Å². The van der Waals surface area contributed by atoms with E-state index < -0.39 is 0 Å². The molecule has 0 fully saturated rings. The van der Waals surface area contributed by atoms with Gasteiger partial charge in [0.25, 0.3) is 0 Å². The second-order valence-corrected chi connectivity index (χ2v) is 5.32. The minimum absolute atomic E-state index is 0.125. The van der Waals surface area contributed by atoms with Crippen molar-refractivity contribution < 1.29 is 10.2 Å². The Bertz CT molecular complexity index is 197. The summed E-state index contributed by atoms with van der Waals surface area (Å²) in [7, 11) is 0. The van der Waals surface area contributed by atoms with Gasteiger partial charge in [0.1, 0.15) is 0 Å². The first-order valence-corrected chi connectivity index (χ1v) is 8.63. The molecule has 2 heteroatoms. The monoisotopic (exact) mass is 286 g/mol. The van der Waals surface area contributed by atoms with Crippen LogP contribution in [-0.4, -0.2) is 23.4 Å². The van der Waals surface area contributed by atoms with Gasteiger partial charge in [0, 0.05) is 0 Å². The molecule has 0 unspecified atom stereocenters. The average Bonchev–Trinajstić information content (AvgIpc) is 2.49. The van der Waals surface area contributed by atoms with E-state index in [1.807, 2.05) is 0 Å². The van der Waals surface area contributed by atoms with Crippen LogP contribution in [0.1, 0.15) is 91.9 Å². The first kappa shape index (κ1) is 21.9. The van der Waals surface area contributed by atoms with Crippen molar-refractivity contribution >= 4 is 0 Å². The molecule has 0 saturated carbocycles. The van der Waals surface area contributed by atoms with Crippen molar-refractivity contribution in [1.29, 1.82) is 0 Å². The van der Waals surface area contributed by atoms with Crippen molar-refractivity contribution in [3.8, 4) is 0 Å². The Morgan fingerprint density at radius 2 is 0.950 bits per heavy atom. The van der Waals surface area contributed by atoms with Crippen LogP contribution in [0.25, 0.3) is 0 Å². The largest absolute Gasteiger partial charge is 0.394 e. The van der Waals surface area contributed by atoms with Crippen molar-refractivity contribution in [3.05, 3.63) is 11.1 Å². The van der Waals surface area contributed by atoms with E-state index in [0.717, 1.165) is 0 Å². The summed E-state index contributed by atoms with van der Waals surface area (Å²) in [5.74, 6) is 0. The Kier molecular flexibility index (Phi) is 20.5. The van der Waals surface area contributed by atoms with Crippen LogP contribution in [0.15, 0.2) is 11.1 Å². The molecule has 0 aliphatic carbocycles. The molecule has 0 saturated heterocycles. The molecule has 0 aromatic carbocycles. The summed E-state index contributed by atoms with van der Waals surface area (Å²) in [5, 5.41) is 15.2. The second-order valence-electron chi connectivity index (χ2n) is 5.32. The van der Waals surface area contributed by atoms with Crippen molar-refractivity contribution in [3.63, 3.8) is 0 Å². The Labute approximate surface area is 127 Å². The highest BCUT2D eigenvalue weighted by atomic mass is 16.3. The number of aliphatic hydroxyl groups is 2. The zero-order valence-electron chi connectivity index (χ0n) is 14.4. The fourth-order valence-corrected chi connectivity index (χ4v) is 2.25. The number of aliphatic hydroxyl groups excluding tert-OH is 2. The molecule has 20 heavy (non-hydrogen) atoms. The lowest BCUT2D eigenvalue weighted by Gasteiger charge is -2.14. The molecule has 0 aromatic heterocycles. The third kappa shape index (κ3) is 14.1. The fraction of sp³-hybridized carbons (Fsp3) is 0.889. The smallest absolute Gasteiger partial charge is 0.0662 e. The normalized spacial score (nSPS) is 9.90. The molecule has 0 atom stereocenters. The molecule has 2 nitrogen and oxygen atoms in total. The van der Waals surface area contributed by atoms with Crippen molar-refractivity contribution in [1.82, 2.24) is 0 Å². The number of unbranched alkanes of at least 4 members (excludes halogenated alkanes) is 3. The molecular formula is C18H38O2.